The van der Waals surface area contributed by atoms with E-state index in [-0.39, 0.29) is 0 Å². The van der Waals surface area contributed by atoms with Gasteiger partial charge in [-0.3, -0.25) is 4.68 Å². The van der Waals surface area contributed by atoms with Gasteiger partial charge in [0.2, 0.25) is 0 Å². The van der Waals surface area contributed by atoms with Gasteiger partial charge >= 0.3 is 0 Å². The second-order valence-electron chi connectivity index (χ2n) is 6.09. The summed E-state index contributed by atoms with van der Waals surface area (Å²) in [5.41, 5.74) is 4.55. The predicted molar refractivity (Wildman–Crippen MR) is 102 cm³/mol. The zero-order chi connectivity index (χ0) is 18.0. The van der Waals surface area contributed by atoms with Crippen LogP contribution in [-0.2, 0) is 20.0 Å². The molecule has 0 unspecified atom stereocenters. The number of nitrogens with one attached hydrogen (secondary N) is 1. The second kappa shape index (κ2) is 7.65. The fraction of sp³-hybridized carbons (Fsp3) is 0.316. The predicted octanol–water partition coefficient (Wildman–Crippen LogP) is 4.94. The molecule has 0 spiro atoms. The van der Waals surface area contributed by atoms with Gasteiger partial charge in [-0.05, 0) is 62.7 Å². The van der Waals surface area contributed by atoms with Crippen LogP contribution in [0.4, 0.5) is 0 Å². The Morgan fingerprint density at radius 1 is 1.12 bits per heavy atom. The lowest BCUT2D eigenvalue weighted by molar-refractivity contribution is 0.494. The first-order valence-electron chi connectivity index (χ1n) is 8.19. The van der Waals surface area contributed by atoms with Crippen molar-refractivity contribution in [3.8, 4) is 11.3 Å². The lowest BCUT2D eigenvalue weighted by Crippen LogP contribution is -2.16. The van der Waals surface area contributed by atoms with E-state index in [4.69, 9.17) is 27.6 Å². The molecule has 0 bridgehead atoms. The molecule has 0 saturated carbocycles. The van der Waals surface area contributed by atoms with Crippen molar-refractivity contribution in [1.82, 2.24) is 15.1 Å². The fourth-order valence-corrected chi connectivity index (χ4v) is 3.18. The highest BCUT2D eigenvalue weighted by Crippen LogP contribution is 2.29. The Labute approximate surface area is 157 Å². The Morgan fingerprint density at radius 2 is 1.92 bits per heavy atom. The molecule has 132 valence electrons. The molecule has 0 radical (unpaired) electrons. The molecule has 0 aliphatic carbocycles. The van der Waals surface area contributed by atoms with Crippen LogP contribution in [-0.4, -0.2) is 16.3 Å². The Balaban J connectivity index is 1.56. The van der Waals surface area contributed by atoms with E-state index in [1.807, 2.05) is 36.0 Å². The summed E-state index contributed by atoms with van der Waals surface area (Å²) < 4.78 is 7.82. The van der Waals surface area contributed by atoms with Crippen LogP contribution in [0.2, 0.25) is 10.0 Å². The van der Waals surface area contributed by atoms with E-state index >= 15 is 0 Å². The van der Waals surface area contributed by atoms with Gasteiger partial charge in [0.15, 0.2) is 0 Å². The van der Waals surface area contributed by atoms with Gasteiger partial charge in [-0.15, -0.1) is 0 Å². The topological polar surface area (TPSA) is 43.0 Å². The number of benzene rings is 1. The largest absolute Gasteiger partial charge is 0.460 e. The minimum atomic E-state index is 0.525. The summed E-state index contributed by atoms with van der Waals surface area (Å²) in [6.45, 7) is 5.71. The number of halogens is 2. The van der Waals surface area contributed by atoms with Gasteiger partial charge in [0, 0.05) is 18.3 Å². The Morgan fingerprint density at radius 3 is 2.60 bits per heavy atom. The zero-order valence-corrected chi connectivity index (χ0v) is 16.1. The lowest BCUT2D eigenvalue weighted by Gasteiger charge is -2.04. The maximum atomic E-state index is 6.07. The maximum absolute atomic E-state index is 6.07. The monoisotopic (exact) mass is 377 g/mol. The maximum Gasteiger partial charge on any atom is 0.134 e. The average molecular weight is 378 g/mol. The number of hydrogen-bond donors (Lipinski definition) is 1. The molecular weight excluding hydrogens is 357 g/mol. The zero-order valence-electron chi connectivity index (χ0n) is 14.6. The third kappa shape index (κ3) is 4.09. The lowest BCUT2D eigenvalue weighted by atomic mass is 10.1. The van der Waals surface area contributed by atoms with Gasteiger partial charge in [-0.2, -0.15) is 5.10 Å². The number of rotatable bonds is 6. The third-order valence-electron chi connectivity index (χ3n) is 4.38. The van der Waals surface area contributed by atoms with E-state index in [0.717, 1.165) is 35.7 Å². The van der Waals surface area contributed by atoms with Gasteiger partial charge in [0.25, 0.3) is 0 Å². The first-order chi connectivity index (χ1) is 12.0. The van der Waals surface area contributed by atoms with Gasteiger partial charge in [0.05, 0.1) is 22.3 Å². The molecule has 1 N–H and O–H groups in total. The highest BCUT2D eigenvalue weighted by Gasteiger charge is 2.10. The Kier molecular flexibility index (Phi) is 5.52. The minimum Gasteiger partial charge on any atom is -0.460 e. The number of aryl methyl sites for hydroxylation is 2. The summed E-state index contributed by atoms with van der Waals surface area (Å²) in [6.07, 6.45) is 0.950. The van der Waals surface area contributed by atoms with Crippen molar-refractivity contribution >= 4 is 23.2 Å². The molecular formula is C19H21Cl2N3O. The SMILES string of the molecule is Cc1nn(C)c(C)c1CCNCc1ccc(-c2ccc(Cl)c(Cl)c2)o1. The molecule has 0 aliphatic heterocycles. The van der Waals surface area contributed by atoms with Crippen molar-refractivity contribution < 1.29 is 4.42 Å². The molecule has 2 aromatic heterocycles. The first-order valence-corrected chi connectivity index (χ1v) is 8.95. The highest BCUT2D eigenvalue weighted by atomic mass is 35.5. The first kappa shape index (κ1) is 18.1. The number of furan rings is 1. The molecule has 3 rings (SSSR count). The summed E-state index contributed by atoms with van der Waals surface area (Å²) >= 11 is 12.0. The fourth-order valence-electron chi connectivity index (χ4n) is 2.88. The van der Waals surface area contributed by atoms with E-state index < -0.39 is 0 Å². The van der Waals surface area contributed by atoms with E-state index in [1.54, 1.807) is 6.07 Å². The molecule has 4 nitrogen and oxygen atoms in total. The van der Waals surface area contributed by atoms with Crippen molar-refractivity contribution in [2.24, 2.45) is 7.05 Å². The van der Waals surface area contributed by atoms with Gasteiger partial charge in [-0.1, -0.05) is 23.2 Å². The second-order valence-corrected chi connectivity index (χ2v) is 6.91. The van der Waals surface area contributed by atoms with Crippen molar-refractivity contribution in [1.29, 1.82) is 0 Å². The Hall–Kier alpha value is -1.75. The van der Waals surface area contributed by atoms with E-state index in [0.29, 0.717) is 16.6 Å². The van der Waals surface area contributed by atoms with Crippen molar-refractivity contribution in [2.45, 2.75) is 26.8 Å². The van der Waals surface area contributed by atoms with Crippen LogP contribution >= 0.6 is 23.2 Å². The van der Waals surface area contributed by atoms with Crippen molar-refractivity contribution in [2.75, 3.05) is 6.54 Å². The molecule has 6 heteroatoms. The molecule has 3 aromatic rings. The van der Waals surface area contributed by atoms with Crippen LogP contribution in [0.15, 0.2) is 34.7 Å². The summed E-state index contributed by atoms with van der Waals surface area (Å²) in [5, 5.41) is 8.94. The third-order valence-corrected chi connectivity index (χ3v) is 5.11. The number of nitrogens with zero attached hydrogens (tertiary/aromatic N) is 2. The van der Waals surface area contributed by atoms with Crippen LogP contribution in [0, 0.1) is 13.8 Å². The van der Waals surface area contributed by atoms with Crippen LogP contribution in [0.25, 0.3) is 11.3 Å². The van der Waals surface area contributed by atoms with E-state index in [9.17, 15) is 0 Å². The summed E-state index contributed by atoms with van der Waals surface area (Å²) in [6, 6.07) is 9.42. The smallest absolute Gasteiger partial charge is 0.134 e. The number of aromatic nitrogens is 2. The van der Waals surface area contributed by atoms with Gasteiger partial charge in [0.1, 0.15) is 11.5 Å². The molecule has 2 heterocycles. The highest BCUT2D eigenvalue weighted by molar-refractivity contribution is 6.42. The standard InChI is InChI=1S/C19H21Cl2N3O/c1-12-16(13(2)24(3)23-12)8-9-22-11-15-5-7-19(25-15)14-4-6-17(20)18(21)10-14/h4-7,10,22H,8-9,11H2,1-3H3. The summed E-state index contributed by atoms with van der Waals surface area (Å²) in [7, 11) is 1.98. The summed E-state index contributed by atoms with van der Waals surface area (Å²) in [5.74, 6) is 1.68. The quantitative estimate of drug-likeness (QED) is 0.618. The molecule has 25 heavy (non-hydrogen) atoms. The van der Waals surface area contributed by atoms with Crippen LogP contribution in [0.1, 0.15) is 22.7 Å². The minimum absolute atomic E-state index is 0.525. The Bertz CT molecular complexity index is 883. The van der Waals surface area contributed by atoms with Crippen LogP contribution < -0.4 is 5.32 Å². The van der Waals surface area contributed by atoms with Crippen LogP contribution in [0.5, 0.6) is 0 Å². The average Bonchev–Trinajstić information content (AvgIpc) is 3.13. The van der Waals surface area contributed by atoms with Gasteiger partial charge < -0.3 is 9.73 Å². The molecule has 0 aliphatic rings. The van der Waals surface area contributed by atoms with Crippen molar-refractivity contribution in [3.05, 3.63) is 63.1 Å². The summed E-state index contributed by atoms with van der Waals surface area (Å²) in [4.78, 5) is 0. The molecule has 0 saturated heterocycles. The van der Waals surface area contributed by atoms with E-state index in [1.165, 1.54) is 11.3 Å². The molecule has 0 fully saturated rings. The molecule has 0 amide bonds. The van der Waals surface area contributed by atoms with Gasteiger partial charge in [-0.25, -0.2) is 0 Å². The number of hydrogen-bond acceptors (Lipinski definition) is 3. The molecule has 0 atom stereocenters. The molecule has 1 aromatic carbocycles. The normalized spacial score (nSPS) is 11.2. The van der Waals surface area contributed by atoms with Crippen LogP contribution in [0.3, 0.4) is 0 Å². The van der Waals surface area contributed by atoms with E-state index in [2.05, 4.69) is 24.3 Å². The van der Waals surface area contributed by atoms with Crippen molar-refractivity contribution in [3.63, 3.8) is 0 Å².